The molecule has 1 saturated carbocycles. The Balaban J connectivity index is 2.75. The van der Waals surface area contributed by atoms with E-state index in [0.717, 1.165) is 46.0 Å². The van der Waals surface area contributed by atoms with Crippen LogP contribution in [0.15, 0.2) is 9.47 Å². The van der Waals surface area contributed by atoms with Crippen molar-refractivity contribution in [1.29, 1.82) is 0 Å². The third kappa shape index (κ3) is 1.72. The zero-order valence-electron chi connectivity index (χ0n) is 10.8. The highest BCUT2D eigenvalue weighted by atomic mass is 79.9. The first-order valence-corrected chi connectivity index (χ1v) is 6.81. The minimum atomic E-state index is -0.559. The van der Waals surface area contributed by atoms with Gasteiger partial charge in [0.2, 0.25) is 6.08 Å². The maximum Gasteiger partial charge on any atom is 0.235 e. The number of hydrogen-bond donors (Lipinski definition) is 1. The Labute approximate surface area is 115 Å². The molecule has 0 heterocycles. The van der Waals surface area contributed by atoms with Crippen LogP contribution in [0.3, 0.4) is 0 Å². The Morgan fingerprint density at radius 1 is 1.22 bits per heavy atom. The highest BCUT2D eigenvalue weighted by Gasteiger charge is 2.43. The first kappa shape index (κ1) is 13.3. The van der Waals surface area contributed by atoms with E-state index in [9.17, 15) is 9.90 Å². The molecule has 2 rings (SSSR count). The quantitative estimate of drug-likeness (QED) is 0.667. The van der Waals surface area contributed by atoms with E-state index in [0.29, 0.717) is 0 Å². The normalized spacial score (nSPS) is 16.9. The molecule has 0 aliphatic heterocycles. The Morgan fingerprint density at radius 2 is 1.83 bits per heavy atom. The summed E-state index contributed by atoms with van der Waals surface area (Å²) in [6.45, 7) is 5.80. The van der Waals surface area contributed by atoms with Gasteiger partial charge < -0.3 is 5.11 Å². The molecule has 0 aromatic heterocycles. The summed E-state index contributed by atoms with van der Waals surface area (Å²) in [5.41, 5.74) is 3.06. The van der Waals surface area contributed by atoms with Gasteiger partial charge in [-0.15, -0.1) is 0 Å². The van der Waals surface area contributed by atoms with Crippen LogP contribution in [-0.4, -0.2) is 11.2 Å². The smallest absolute Gasteiger partial charge is 0.235 e. The summed E-state index contributed by atoms with van der Waals surface area (Å²) in [5, 5.41) is 10.4. The van der Waals surface area contributed by atoms with Gasteiger partial charge in [-0.2, -0.15) is 4.99 Å². The average Bonchev–Trinajstić information content (AvgIpc) is 2.31. The summed E-state index contributed by atoms with van der Waals surface area (Å²) in [6.07, 6.45) is 4.28. The van der Waals surface area contributed by atoms with Crippen molar-refractivity contribution in [3.63, 3.8) is 0 Å². The van der Waals surface area contributed by atoms with E-state index in [1.165, 1.54) is 0 Å². The second-order valence-corrected chi connectivity index (χ2v) is 5.79. The zero-order chi connectivity index (χ0) is 13.5. The van der Waals surface area contributed by atoms with Crippen LogP contribution >= 0.6 is 15.9 Å². The van der Waals surface area contributed by atoms with Gasteiger partial charge in [-0.3, -0.25) is 0 Å². The van der Waals surface area contributed by atoms with Gasteiger partial charge in [-0.25, -0.2) is 4.79 Å². The molecule has 4 heteroatoms. The number of aliphatic imine (C=N–C) groups is 1. The number of halogens is 1. The van der Waals surface area contributed by atoms with Crippen molar-refractivity contribution in [2.75, 3.05) is 0 Å². The molecule has 0 atom stereocenters. The third-order valence-corrected chi connectivity index (χ3v) is 5.28. The lowest BCUT2D eigenvalue weighted by Crippen LogP contribution is -2.33. The standard InChI is InChI=1S/C14H16BrNO2/c1-8-9(2)13(18)11(10(3)12(8)15)14(16-7-17)5-4-6-14/h18H,4-6H2,1-3H3. The molecule has 0 saturated heterocycles. The van der Waals surface area contributed by atoms with Crippen LogP contribution in [0.2, 0.25) is 0 Å². The number of carbonyl (C=O) groups excluding carboxylic acids is 1. The molecule has 18 heavy (non-hydrogen) atoms. The first-order chi connectivity index (χ1) is 8.44. The minimum Gasteiger partial charge on any atom is -0.507 e. The predicted octanol–water partition coefficient (Wildman–Crippen LogP) is 3.79. The number of isocyanates is 1. The second kappa shape index (κ2) is 4.52. The SMILES string of the molecule is Cc1c(C)c(Br)c(C)c(C2(N=C=O)CCC2)c1O. The van der Waals surface area contributed by atoms with Gasteiger partial charge in [-0.1, -0.05) is 15.9 Å². The maximum atomic E-state index is 10.7. The number of phenols is 1. The molecule has 0 radical (unpaired) electrons. The van der Waals surface area contributed by atoms with E-state index in [1.54, 1.807) is 6.08 Å². The zero-order valence-corrected chi connectivity index (χ0v) is 12.4. The maximum absolute atomic E-state index is 10.7. The largest absolute Gasteiger partial charge is 0.507 e. The summed E-state index contributed by atoms with van der Waals surface area (Å²) >= 11 is 3.56. The Morgan fingerprint density at radius 3 is 2.28 bits per heavy atom. The fraction of sp³-hybridized carbons (Fsp3) is 0.500. The summed E-state index contributed by atoms with van der Waals surface area (Å²) in [7, 11) is 0. The Bertz CT molecular complexity index is 526. The van der Waals surface area contributed by atoms with Crippen molar-refractivity contribution < 1.29 is 9.90 Å². The van der Waals surface area contributed by atoms with Gasteiger partial charge in [0.25, 0.3) is 0 Å². The lowest BCUT2D eigenvalue weighted by atomic mass is 9.70. The molecule has 0 bridgehead atoms. The van der Waals surface area contributed by atoms with E-state index in [1.807, 2.05) is 20.8 Å². The van der Waals surface area contributed by atoms with Crippen molar-refractivity contribution in [2.24, 2.45) is 4.99 Å². The van der Waals surface area contributed by atoms with E-state index in [4.69, 9.17) is 0 Å². The molecule has 0 spiro atoms. The van der Waals surface area contributed by atoms with Crippen LogP contribution in [0.1, 0.15) is 41.5 Å². The van der Waals surface area contributed by atoms with Crippen LogP contribution in [0.5, 0.6) is 5.75 Å². The molecule has 96 valence electrons. The van der Waals surface area contributed by atoms with Crippen molar-refractivity contribution in [3.8, 4) is 5.75 Å². The topological polar surface area (TPSA) is 49.7 Å². The monoisotopic (exact) mass is 309 g/mol. The van der Waals surface area contributed by atoms with Gasteiger partial charge in [0.05, 0.1) is 0 Å². The fourth-order valence-corrected chi connectivity index (χ4v) is 3.18. The van der Waals surface area contributed by atoms with Gasteiger partial charge >= 0.3 is 0 Å². The Hall–Kier alpha value is -1.12. The summed E-state index contributed by atoms with van der Waals surface area (Å²) < 4.78 is 0.986. The molecule has 1 aromatic rings. The third-order valence-electron chi connectivity index (χ3n) is 4.09. The summed E-state index contributed by atoms with van der Waals surface area (Å²) in [4.78, 5) is 14.6. The van der Waals surface area contributed by atoms with Crippen molar-refractivity contribution in [3.05, 3.63) is 26.7 Å². The van der Waals surface area contributed by atoms with Crippen LogP contribution in [0.25, 0.3) is 0 Å². The van der Waals surface area contributed by atoms with Crippen molar-refractivity contribution >= 4 is 22.0 Å². The molecule has 1 N–H and O–H groups in total. The minimum absolute atomic E-state index is 0.270. The summed E-state index contributed by atoms with van der Waals surface area (Å²) in [6, 6.07) is 0. The molecule has 3 nitrogen and oxygen atoms in total. The molecule has 0 amide bonds. The molecule has 0 unspecified atom stereocenters. The first-order valence-electron chi connectivity index (χ1n) is 6.02. The molecule has 1 fully saturated rings. The lowest BCUT2D eigenvalue weighted by Gasteiger charge is -2.39. The number of aromatic hydroxyl groups is 1. The van der Waals surface area contributed by atoms with Gasteiger partial charge in [0, 0.05) is 10.0 Å². The van der Waals surface area contributed by atoms with Crippen LogP contribution < -0.4 is 0 Å². The van der Waals surface area contributed by atoms with Crippen LogP contribution in [0, 0.1) is 20.8 Å². The molecule has 1 aliphatic carbocycles. The van der Waals surface area contributed by atoms with E-state index < -0.39 is 5.54 Å². The van der Waals surface area contributed by atoms with Crippen molar-refractivity contribution in [1.82, 2.24) is 0 Å². The highest BCUT2D eigenvalue weighted by Crippen LogP contribution is 2.51. The Kier molecular flexibility index (Phi) is 3.35. The fourth-order valence-electron chi connectivity index (χ4n) is 2.68. The van der Waals surface area contributed by atoms with Crippen molar-refractivity contribution in [2.45, 2.75) is 45.6 Å². The number of rotatable bonds is 2. The van der Waals surface area contributed by atoms with Gasteiger partial charge in [0.15, 0.2) is 0 Å². The van der Waals surface area contributed by atoms with Crippen LogP contribution in [-0.2, 0) is 10.3 Å². The predicted molar refractivity (Wildman–Crippen MR) is 73.7 cm³/mol. The molecule has 1 aromatic carbocycles. The molecule has 1 aliphatic rings. The van der Waals surface area contributed by atoms with Crippen LogP contribution in [0.4, 0.5) is 0 Å². The molecular formula is C14H16BrNO2. The number of hydrogen-bond acceptors (Lipinski definition) is 3. The van der Waals surface area contributed by atoms with E-state index in [-0.39, 0.29) is 5.75 Å². The second-order valence-electron chi connectivity index (χ2n) is 5.00. The number of phenolic OH excluding ortho intramolecular Hbond substituents is 1. The summed E-state index contributed by atoms with van der Waals surface area (Å²) in [5.74, 6) is 0.270. The number of nitrogens with zero attached hydrogens (tertiary/aromatic N) is 1. The molecular weight excluding hydrogens is 294 g/mol. The average molecular weight is 310 g/mol. The van der Waals surface area contributed by atoms with E-state index in [2.05, 4.69) is 20.9 Å². The number of benzene rings is 1. The van der Waals surface area contributed by atoms with Gasteiger partial charge in [0.1, 0.15) is 11.3 Å². The highest BCUT2D eigenvalue weighted by molar-refractivity contribution is 9.10. The van der Waals surface area contributed by atoms with E-state index >= 15 is 0 Å². The van der Waals surface area contributed by atoms with Gasteiger partial charge in [-0.05, 0) is 56.7 Å². The lowest BCUT2D eigenvalue weighted by molar-refractivity contribution is 0.246.